The van der Waals surface area contributed by atoms with Crippen LogP contribution in [0.1, 0.15) is 110 Å². The third kappa shape index (κ3) is 20.6. The van der Waals surface area contributed by atoms with Crippen molar-refractivity contribution in [2.75, 3.05) is 47.5 Å². The van der Waals surface area contributed by atoms with Gasteiger partial charge in [0.15, 0.2) is 6.10 Å². The standard InChI is InChI=1S/C29H55N2O5/c1-5-6-7-8-9-10-11-12-13-14-15-16-17-18-23-33-25-27(36-28-21-24-35-30-28)26-34-29(32)20-19-22-31(2,3)4/h21,24,27H,5-20,22-23,25-26H2,1-4H3/q+1. The van der Waals surface area contributed by atoms with Crippen molar-refractivity contribution < 1.29 is 28.0 Å². The topological polar surface area (TPSA) is 70.8 Å². The molecule has 0 amide bonds. The fourth-order valence-electron chi connectivity index (χ4n) is 4.12. The van der Waals surface area contributed by atoms with Gasteiger partial charge in [0.25, 0.3) is 5.88 Å². The zero-order valence-corrected chi connectivity index (χ0v) is 23.8. The van der Waals surface area contributed by atoms with E-state index in [0.29, 0.717) is 25.5 Å². The normalized spacial score (nSPS) is 12.6. The molecule has 0 aliphatic carbocycles. The van der Waals surface area contributed by atoms with Gasteiger partial charge in [0.1, 0.15) is 12.9 Å². The Labute approximate surface area is 220 Å². The Hall–Kier alpha value is -1.60. The minimum Gasteiger partial charge on any atom is -0.466 e. The molecule has 210 valence electrons. The lowest BCUT2D eigenvalue weighted by atomic mass is 10.0. The molecule has 0 saturated carbocycles. The molecule has 0 spiro atoms. The van der Waals surface area contributed by atoms with E-state index in [1.165, 1.54) is 89.7 Å². The number of carbonyl (C=O) groups is 1. The highest BCUT2D eigenvalue weighted by Crippen LogP contribution is 2.13. The number of hydrogen-bond donors (Lipinski definition) is 0. The van der Waals surface area contributed by atoms with Crippen LogP contribution in [0.2, 0.25) is 0 Å². The molecule has 0 fully saturated rings. The predicted octanol–water partition coefficient (Wildman–Crippen LogP) is 6.95. The van der Waals surface area contributed by atoms with Gasteiger partial charge >= 0.3 is 5.97 Å². The summed E-state index contributed by atoms with van der Waals surface area (Å²) in [5, 5.41) is 3.79. The molecule has 1 rings (SSSR count). The lowest BCUT2D eigenvalue weighted by molar-refractivity contribution is -0.870. The van der Waals surface area contributed by atoms with Crippen LogP contribution in [0.4, 0.5) is 0 Å². The van der Waals surface area contributed by atoms with Gasteiger partial charge in [-0.2, -0.15) is 0 Å². The Bertz CT molecular complexity index is 616. The van der Waals surface area contributed by atoms with Gasteiger partial charge < -0.3 is 23.2 Å². The molecule has 1 atom stereocenters. The van der Waals surface area contributed by atoms with E-state index in [2.05, 4.69) is 33.2 Å². The number of nitrogens with zero attached hydrogens (tertiary/aromatic N) is 2. The molecule has 0 aromatic carbocycles. The SMILES string of the molecule is CCCCCCCCCCCCCCCCOCC(COC(=O)CCC[N+](C)(C)C)Oc1ccon1. The first-order chi connectivity index (χ1) is 17.4. The molecule has 0 saturated heterocycles. The summed E-state index contributed by atoms with van der Waals surface area (Å²) >= 11 is 0. The molecule has 0 radical (unpaired) electrons. The van der Waals surface area contributed by atoms with Crippen molar-refractivity contribution in [1.29, 1.82) is 0 Å². The largest absolute Gasteiger partial charge is 0.466 e. The third-order valence-electron chi connectivity index (χ3n) is 6.29. The number of quaternary nitrogens is 1. The van der Waals surface area contributed by atoms with Crippen LogP contribution in [0.15, 0.2) is 16.9 Å². The average molecular weight is 512 g/mol. The molecular weight excluding hydrogens is 456 g/mol. The predicted molar refractivity (Wildman–Crippen MR) is 145 cm³/mol. The van der Waals surface area contributed by atoms with E-state index in [9.17, 15) is 4.79 Å². The minimum atomic E-state index is -0.399. The van der Waals surface area contributed by atoms with E-state index in [0.717, 1.165) is 23.9 Å². The highest BCUT2D eigenvalue weighted by atomic mass is 16.6. The summed E-state index contributed by atoms with van der Waals surface area (Å²) < 4.78 is 22.7. The van der Waals surface area contributed by atoms with Crippen molar-refractivity contribution in [3.05, 3.63) is 12.3 Å². The van der Waals surface area contributed by atoms with Gasteiger partial charge in [0.2, 0.25) is 0 Å². The van der Waals surface area contributed by atoms with Crippen LogP contribution in [0, 0.1) is 0 Å². The summed E-state index contributed by atoms with van der Waals surface area (Å²) in [4.78, 5) is 12.1. The second kappa shape index (κ2) is 21.5. The smallest absolute Gasteiger partial charge is 0.306 e. The summed E-state index contributed by atoms with van der Waals surface area (Å²) in [6.45, 7) is 4.40. The molecule has 1 aromatic rings. The number of aromatic nitrogens is 1. The zero-order chi connectivity index (χ0) is 26.3. The van der Waals surface area contributed by atoms with Crippen molar-refractivity contribution in [2.24, 2.45) is 0 Å². The van der Waals surface area contributed by atoms with Gasteiger partial charge in [-0.25, -0.2) is 0 Å². The lowest BCUT2D eigenvalue weighted by Gasteiger charge is -2.23. The Kier molecular flexibility index (Phi) is 19.4. The molecule has 1 aromatic heterocycles. The van der Waals surface area contributed by atoms with Crippen LogP contribution in [0.5, 0.6) is 5.88 Å². The van der Waals surface area contributed by atoms with Gasteiger partial charge in [-0.15, -0.1) is 0 Å². The number of hydrogen-bond acceptors (Lipinski definition) is 6. The summed E-state index contributed by atoms with van der Waals surface area (Å²) in [5.41, 5.74) is 0. The third-order valence-corrected chi connectivity index (χ3v) is 6.29. The van der Waals surface area contributed by atoms with Crippen molar-refractivity contribution in [3.8, 4) is 5.88 Å². The number of rotatable bonds is 25. The minimum absolute atomic E-state index is 0.148. The highest BCUT2D eigenvalue weighted by molar-refractivity contribution is 5.69. The van der Waals surface area contributed by atoms with Gasteiger partial charge in [-0.05, 0) is 11.6 Å². The maximum atomic E-state index is 12.1. The first kappa shape index (κ1) is 32.4. The molecule has 0 N–H and O–H groups in total. The Balaban J connectivity index is 2.05. The van der Waals surface area contributed by atoms with Gasteiger partial charge in [0.05, 0.1) is 40.7 Å². The maximum absolute atomic E-state index is 12.1. The van der Waals surface area contributed by atoms with Crippen LogP contribution in [0.25, 0.3) is 0 Å². The van der Waals surface area contributed by atoms with E-state index < -0.39 is 6.10 Å². The maximum Gasteiger partial charge on any atom is 0.306 e. The van der Waals surface area contributed by atoms with E-state index in [1.807, 2.05) is 0 Å². The molecule has 0 aliphatic heterocycles. The molecule has 7 nitrogen and oxygen atoms in total. The lowest BCUT2D eigenvalue weighted by Crippen LogP contribution is -2.35. The van der Waals surface area contributed by atoms with Crippen LogP contribution in [-0.2, 0) is 14.3 Å². The quantitative estimate of drug-likeness (QED) is 0.0803. The van der Waals surface area contributed by atoms with Crippen LogP contribution >= 0.6 is 0 Å². The zero-order valence-electron chi connectivity index (χ0n) is 23.8. The van der Waals surface area contributed by atoms with E-state index >= 15 is 0 Å². The van der Waals surface area contributed by atoms with E-state index in [4.69, 9.17) is 18.7 Å². The number of ether oxygens (including phenoxy) is 3. The molecule has 36 heavy (non-hydrogen) atoms. The van der Waals surface area contributed by atoms with Crippen molar-refractivity contribution >= 4 is 5.97 Å². The first-order valence-electron chi connectivity index (χ1n) is 14.5. The summed E-state index contributed by atoms with van der Waals surface area (Å²) in [6, 6.07) is 1.64. The number of esters is 1. The number of unbranched alkanes of at least 4 members (excludes halogenated alkanes) is 13. The van der Waals surface area contributed by atoms with Crippen molar-refractivity contribution in [3.63, 3.8) is 0 Å². The highest BCUT2D eigenvalue weighted by Gasteiger charge is 2.17. The molecule has 1 heterocycles. The Morgan fingerprint density at radius 1 is 0.861 bits per heavy atom. The van der Waals surface area contributed by atoms with Crippen molar-refractivity contribution in [2.45, 2.75) is 116 Å². The van der Waals surface area contributed by atoms with Crippen LogP contribution in [-0.4, -0.2) is 69.2 Å². The van der Waals surface area contributed by atoms with Gasteiger partial charge in [-0.3, -0.25) is 4.79 Å². The molecule has 1 unspecified atom stereocenters. The van der Waals surface area contributed by atoms with Gasteiger partial charge in [0, 0.05) is 19.1 Å². The second-order valence-electron chi connectivity index (χ2n) is 11.0. The van der Waals surface area contributed by atoms with Gasteiger partial charge in [-0.1, -0.05) is 90.4 Å². The van der Waals surface area contributed by atoms with Crippen LogP contribution < -0.4 is 4.74 Å². The Morgan fingerprint density at radius 2 is 1.44 bits per heavy atom. The summed E-state index contributed by atoms with van der Waals surface area (Å²) in [5.74, 6) is 0.172. The fourth-order valence-corrected chi connectivity index (χ4v) is 4.12. The first-order valence-corrected chi connectivity index (χ1v) is 14.5. The molecule has 0 aliphatic rings. The number of carbonyl (C=O) groups excluding carboxylic acids is 1. The van der Waals surface area contributed by atoms with E-state index in [-0.39, 0.29) is 12.6 Å². The fraction of sp³-hybridized carbons (Fsp3) is 0.862. The summed E-state index contributed by atoms with van der Waals surface area (Å²) in [6.07, 6.45) is 21.0. The second-order valence-corrected chi connectivity index (χ2v) is 11.0. The van der Waals surface area contributed by atoms with Crippen molar-refractivity contribution in [1.82, 2.24) is 5.16 Å². The average Bonchev–Trinajstić information content (AvgIpc) is 3.34. The Morgan fingerprint density at radius 3 is 1.97 bits per heavy atom. The summed E-state index contributed by atoms with van der Waals surface area (Å²) in [7, 11) is 6.34. The van der Waals surface area contributed by atoms with E-state index in [1.54, 1.807) is 6.07 Å². The monoisotopic (exact) mass is 511 g/mol. The molecule has 0 bridgehead atoms. The van der Waals surface area contributed by atoms with Crippen LogP contribution in [0.3, 0.4) is 0 Å². The molecule has 7 heteroatoms. The molecular formula is C29H55N2O5+.